The topological polar surface area (TPSA) is 29.3 Å². The van der Waals surface area contributed by atoms with Crippen LogP contribution in [0.4, 0.5) is 0 Å². The molecule has 2 fully saturated rings. The predicted molar refractivity (Wildman–Crippen MR) is 83.2 cm³/mol. The molecule has 3 unspecified atom stereocenters. The first-order valence-electron chi connectivity index (χ1n) is 8.72. The van der Waals surface area contributed by atoms with Gasteiger partial charge in [0.1, 0.15) is 0 Å². The fourth-order valence-electron chi connectivity index (χ4n) is 4.38. The first-order valence-corrected chi connectivity index (χ1v) is 8.72. The molecule has 2 rings (SSSR count). The lowest BCUT2D eigenvalue weighted by Crippen LogP contribution is -2.49. The Kier molecular flexibility index (Phi) is 6.15. The highest BCUT2D eigenvalue weighted by Gasteiger charge is 2.34. The van der Waals surface area contributed by atoms with Gasteiger partial charge in [0.2, 0.25) is 0 Å². The minimum absolute atomic E-state index is 0.770. The molecule has 0 radical (unpaired) electrons. The smallest absolute Gasteiger partial charge is 0.0138 e. The molecule has 19 heavy (non-hydrogen) atoms. The predicted octanol–water partition coefficient (Wildman–Crippen LogP) is 3.65. The van der Waals surface area contributed by atoms with Gasteiger partial charge in [0.15, 0.2) is 0 Å². The summed E-state index contributed by atoms with van der Waals surface area (Å²) < 4.78 is 0. The minimum atomic E-state index is 0.770. The van der Waals surface area contributed by atoms with Gasteiger partial charge in [0.25, 0.3) is 0 Å². The summed E-state index contributed by atoms with van der Waals surface area (Å²) in [6.45, 7) is 8.24. The van der Waals surface area contributed by atoms with E-state index in [1.54, 1.807) is 0 Å². The summed E-state index contributed by atoms with van der Waals surface area (Å²) in [4.78, 5) is 2.80. The quantitative estimate of drug-likeness (QED) is 0.823. The summed E-state index contributed by atoms with van der Waals surface area (Å²) in [6, 6.07) is 0.799. The van der Waals surface area contributed by atoms with Crippen LogP contribution in [-0.2, 0) is 0 Å². The van der Waals surface area contributed by atoms with Gasteiger partial charge < -0.3 is 10.6 Å². The van der Waals surface area contributed by atoms with Crippen molar-refractivity contribution in [1.82, 2.24) is 4.90 Å². The molecule has 0 spiro atoms. The third-order valence-electron chi connectivity index (χ3n) is 5.76. The molecule has 112 valence electrons. The first-order chi connectivity index (χ1) is 9.28. The molecular weight excluding hydrogens is 232 g/mol. The van der Waals surface area contributed by atoms with E-state index in [0.717, 1.165) is 30.3 Å². The van der Waals surface area contributed by atoms with Crippen LogP contribution in [-0.4, -0.2) is 30.6 Å². The van der Waals surface area contributed by atoms with Crippen LogP contribution in [0.2, 0.25) is 0 Å². The van der Waals surface area contributed by atoms with Gasteiger partial charge >= 0.3 is 0 Å². The molecule has 0 aromatic heterocycles. The number of nitrogens with two attached hydrogens (primary N) is 1. The zero-order valence-corrected chi connectivity index (χ0v) is 13.1. The van der Waals surface area contributed by atoms with E-state index in [2.05, 4.69) is 18.7 Å². The Morgan fingerprint density at radius 2 is 1.74 bits per heavy atom. The molecule has 0 amide bonds. The van der Waals surface area contributed by atoms with E-state index in [0.29, 0.717) is 0 Å². The van der Waals surface area contributed by atoms with Crippen molar-refractivity contribution in [2.24, 2.45) is 23.5 Å². The van der Waals surface area contributed by atoms with Gasteiger partial charge in [-0.25, -0.2) is 0 Å². The lowest BCUT2D eigenvalue weighted by molar-refractivity contribution is 0.0502. The van der Waals surface area contributed by atoms with Crippen molar-refractivity contribution in [2.75, 3.05) is 19.6 Å². The van der Waals surface area contributed by atoms with Crippen LogP contribution in [0.5, 0.6) is 0 Å². The van der Waals surface area contributed by atoms with Crippen molar-refractivity contribution >= 4 is 0 Å². The van der Waals surface area contributed by atoms with Gasteiger partial charge in [-0.15, -0.1) is 0 Å². The maximum absolute atomic E-state index is 6.05. The molecule has 0 aromatic carbocycles. The zero-order chi connectivity index (χ0) is 13.7. The maximum Gasteiger partial charge on any atom is 0.0138 e. The molecule has 2 nitrogen and oxygen atoms in total. The van der Waals surface area contributed by atoms with E-state index in [-0.39, 0.29) is 0 Å². The van der Waals surface area contributed by atoms with Gasteiger partial charge in [-0.3, -0.25) is 0 Å². The zero-order valence-electron chi connectivity index (χ0n) is 13.1. The molecule has 1 saturated carbocycles. The average Bonchev–Trinajstić information content (AvgIpc) is 2.47. The standard InChI is InChI=1S/C17H34N2/c1-3-5-15-6-7-16(13-18)17(12-15)19-10-8-14(4-2)9-11-19/h14-17H,3-13,18H2,1-2H3. The normalized spacial score (nSPS) is 34.6. The van der Waals surface area contributed by atoms with Crippen molar-refractivity contribution in [1.29, 1.82) is 0 Å². The third kappa shape index (κ3) is 3.95. The second-order valence-electron chi connectivity index (χ2n) is 6.92. The second-order valence-corrected chi connectivity index (χ2v) is 6.92. The molecule has 0 aromatic rings. The lowest BCUT2D eigenvalue weighted by atomic mass is 9.75. The highest BCUT2D eigenvalue weighted by Crippen LogP contribution is 2.36. The summed E-state index contributed by atoms with van der Waals surface area (Å²) in [5.41, 5.74) is 6.05. The number of likely N-dealkylation sites (tertiary alicyclic amines) is 1. The minimum Gasteiger partial charge on any atom is -0.330 e. The summed E-state index contributed by atoms with van der Waals surface area (Å²) >= 11 is 0. The fourth-order valence-corrected chi connectivity index (χ4v) is 4.38. The van der Waals surface area contributed by atoms with E-state index in [1.807, 2.05) is 0 Å². The molecule has 2 N–H and O–H groups in total. The number of piperidine rings is 1. The molecule has 3 atom stereocenters. The number of hydrogen-bond donors (Lipinski definition) is 1. The highest BCUT2D eigenvalue weighted by molar-refractivity contribution is 4.89. The maximum atomic E-state index is 6.05. The van der Waals surface area contributed by atoms with Crippen molar-refractivity contribution < 1.29 is 0 Å². The number of nitrogens with zero attached hydrogens (tertiary/aromatic N) is 1. The number of hydrogen-bond acceptors (Lipinski definition) is 2. The number of rotatable bonds is 5. The van der Waals surface area contributed by atoms with Crippen molar-refractivity contribution in [3.05, 3.63) is 0 Å². The molecule has 2 heteroatoms. The molecule has 2 aliphatic rings. The van der Waals surface area contributed by atoms with Gasteiger partial charge in [0, 0.05) is 6.04 Å². The summed E-state index contributed by atoms with van der Waals surface area (Å²) in [5.74, 6) is 2.73. The van der Waals surface area contributed by atoms with E-state index in [9.17, 15) is 0 Å². The van der Waals surface area contributed by atoms with Crippen LogP contribution >= 0.6 is 0 Å². The molecule has 1 aliphatic carbocycles. The fraction of sp³-hybridized carbons (Fsp3) is 1.00. The van der Waals surface area contributed by atoms with Crippen LogP contribution in [0, 0.1) is 17.8 Å². The van der Waals surface area contributed by atoms with Crippen LogP contribution in [0.25, 0.3) is 0 Å². The Morgan fingerprint density at radius 1 is 1.00 bits per heavy atom. The van der Waals surface area contributed by atoms with Gasteiger partial charge in [-0.05, 0) is 63.1 Å². The Balaban J connectivity index is 1.90. The van der Waals surface area contributed by atoms with Gasteiger partial charge in [-0.1, -0.05) is 39.5 Å². The Hall–Kier alpha value is -0.0800. The molecule has 0 bridgehead atoms. The SMILES string of the molecule is CCCC1CCC(CN)C(N2CCC(CC)CC2)C1. The van der Waals surface area contributed by atoms with E-state index >= 15 is 0 Å². The monoisotopic (exact) mass is 266 g/mol. The van der Waals surface area contributed by atoms with Crippen LogP contribution in [0.3, 0.4) is 0 Å². The highest BCUT2D eigenvalue weighted by atomic mass is 15.2. The molecule has 1 saturated heterocycles. The molecular formula is C17H34N2. The first kappa shape index (κ1) is 15.3. The Morgan fingerprint density at radius 3 is 2.32 bits per heavy atom. The molecule has 1 heterocycles. The Labute approximate surface area is 120 Å². The van der Waals surface area contributed by atoms with Crippen molar-refractivity contribution in [3.63, 3.8) is 0 Å². The van der Waals surface area contributed by atoms with E-state index in [4.69, 9.17) is 5.73 Å². The van der Waals surface area contributed by atoms with Crippen LogP contribution in [0.15, 0.2) is 0 Å². The van der Waals surface area contributed by atoms with E-state index < -0.39 is 0 Å². The average molecular weight is 266 g/mol. The van der Waals surface area contributed by atoms with Crippen molar-refractivity contribution in [2.45, 2.75) is 71.3 Å². The van der Waals surface area contributed by atoms with Gasteiger partial charge in [0.05, 0.1) is 0 Å². The molecule has 1 aliphatic heterocycles. The van der Waals surface area contributed by atoms with Crippen molar-refractivity contribution in [3.8, 4) is 0 Å². The lowest BCUT2D eigenvalue weighted by Gasteiger charge is -2.45. The summed E-state index contributed by atoms with van der Waals surface area (Å²) in [7, 11) is 0. The summed E-state index contributed by atoms with van der Waals surface area (Å²) in [5, 5.41) is 0. The van der Waals surface area contributed by atoms with Crippen LogP contribution in [0.1, 0.15) is 65.2 Å². The third-order valence-corrected chi connectivity index (χ3v) is 5.76. The van der Waals surface area contributed by atoms with Gasteiger partial charge in [-0.2, -0.15) is 0 Å². The van der Waals surface area contributed by atoms with Crippen LogP contribution < -0.4 is 5.73 Å². The Bertz CT molecular complexity index is 246. The largest absolute Gasteiger partial charge is 0.330 e. The summed E-state index contributed by atoms with van der Waals surface area (Å²) in [6.07, 6.45) is 11.2. The second kappa shape index (κ2) is 7.64. The van der Waals surface area contributed by atoms with E-state index in [1.165, 1.54) is 64.5 Å².